The Hall–Kier alpha value is -3.43. The van der Waals surface area contributed by atoms with Crippen molar-refractivity contribution in [3.63, 3.8) is 0 Å². The summed E-state index contributed by atoms with van der Waals surface area (Å²) < 4.78 is 20.1. The minimum atomic E-state index is -0.921. The minimum Gasteiger partial charge on any atom is -0.448 e. The van der Waals surface area contributed by atoms with Crippen LogP contribution in [0.2, 0.25) is 0 Å². The molecule has 0 unspecified atom stereocenters. The first kappa shape index (κ1) is 26.6. The number of aryl methyl sites for hydroxylation is 1. The molecule has 3 amide bonds. The maximum atomic E-state index is 13.8. The highest BCUT2D eigenvalue weighted by atomic mass is 19.1. The average molecular weight is 514 g/mol. The Morgan fingerprint density at radius 1 is 1.16 bits per heavy atom. The van der Waals surface area contributed by atoms with Gasteiger partial charge in [0.05, 0.1) is 29.8 Å². The highest BCUT2D eigenvalue weighted by Crippen LogP contribution is 2.54. The van der Waals surface area contributed by atoms with Gasteiger partial charge in [0.1, 0.15) is 11.6 Å². The summed E-state index contributed by atoms with van der Waals surface area (Å²) in [7, 11) is 0. The van der Waals surface area contributed by atoms with Crippen LogP contribution in [0.5, 0.6) is 0 Å². The fourth-order valence-electron chi connectivity index (χ4n) is 5.33. The Morgan fingerprint density at radius 3 is 2.41 bits per heavy atom. The Balaban J connectivity index is 1.69. The number of carbonyl (C=O) groups is 3. The highest BCUT2D eigenvalue weighted by Gasteiger charge is 2.53. The van der Waals surface area contributed by atoms with Gasteiger partial charge in [-0.15, -0.1) is 4.68 Å². The first-order valence-electron chi connectivity index (χ1n) is 12.7. The molecule has 9 nitrogen and oxygen atoms in total. The predicted octanol–water partition coefficient (Wildman–Crippen LogP) is 5.77. The van der Waals surface area contributed by atoms with E-state index in [0.717, 1.165) is 29.5 Å². The number of carbonyl (C=O) groups excluding carboxylic acids is 3. The van der Waals surface area contributed by atoms with Crippen LogP contribution in [0.4, 0.5) is 25.5 Å². The molecule has 0 saturated heterocycles. The second-order valence-corrected chi connectivity index (χ2v) is 11.5. The second kappa shape index (κ2) is 9.15. The number of fused-ring (bicyclic) bond motifs is 1. The van der Waals surface area contributed by atoms with Crippen LogP contribution in [0.1, 0.15) is 77.6 Å². The van der Waals surface area contributed by atoms with E-state index in [1.807, 2.05) is 34.6 Å². The number of halogens is 1. The second-order valence-electron chi connectivity index (χ2n) is 11.5. The van der Waals surface area contributed by atoms with E-state index in [1.165, 1.54) is 12.1 Å². The van der Waals surface area contributed by atoms with Gasteiger partial charge in [-0.1, -0.05) is 33.3 Å². The molecule has 1 aliphatic heterocycles. The van der Waals surface area contributed by atoms with Gasteiger partial charge in [0.25, 0.3) is 0 Å². The third-order valence-electron chi connectivity index (χ3n) is 7.99. The summed E-state index contributed by atoms with van der Waals surface area (Å²) in [5.74, 6) is -0.403. The molecule has 2 aromatic rings. The number of benzene rings is 1. The number of nitrogens with zero attached hydrogens (tertiary/aromatic N) is 3. The van der Waals surface area contributed by atoms with Gasteiger partial charge in [-0.05, 0) is 63.6 Å². The molecule has 0 bridgehead atoms. The fraction of sp³-hybridized carbons (Fsp3) is 0.556. The lowest BCUT2D eigenvalue weighted by molar-refractivity contribution is -0.139. The van der Waals surface area contributed by atoms with E-state index in [9.17, 15) is 18.8 Å². The highest BCUT2D eigenvalue weighted by molar-refractivity contribution is 5.98. The van der Waals surface area contributed by atoms with Gasteiger partial charge in [0.2, 0.25) is 5.91 Å². The lowest BCUT2D eigenvalue weighted by Gasteiger charge is -2.50. The summed E-state index contributed by atoms with van der Waals surface area (Å²) >= 11 is 0. The maximum absolute atomic E-state index is 13.8. The van der Waals surface area contributed by atoms with Crippen molar-refractivity contribution < 1.29 is 23.5 Å². The molecule has 1 aromatic heterocycles. The van der Waals surface area contributed by atoms with E-state index < -0.39 is 28.9 Å². The molecule has 4 rings (SSSR count). The van der Waals surface area contributed by atoms with Crippen molar-refractivity contribution >= 4 is 29.5 Å². The monoisotopic (exact) mass is 513 g/mol. The standard InChI is InChI=1S/C27H36FN5O4/c1-8-37-24(36)33-21(30-22(34)27(12-9-13-27)25(3,4)5)18-15-32(26(6,7)20(18)31-33)23(35)29-19-14-17(28)11-10-16(19)2/h10-11,14H,8-9,12-13,15H2,1-7H3,(H,29,35)(H,30,34). The molecule has 37 heavy (non-hydrogen) atoms. The molecule has 2 heterocycles. The number of urea groups is 1. The lowest BCUT2D eigenvalue weighted by Crippen LogP contribution is -2.51. The van der Waals surface area contributed by atoms with E-state index in [4.69, 9.17) is 4.74 Å². The summed E-state index contributed by atoms with van der Waals surface area (Å²) in [6.07, 6.45) is 1.77. The van der Waals surface area contributed by atoms with E-state index >= 15 is 0 Å². The van der Waals surface area contributed by atoms with Crippen molar-refractivity contribution in [2.75, 3.05) is 17.2 Å². The zero-order chi connectivity index (χ0) is 27.3. The topological polar surface area (TPSA) is 106 Å². The summed E-state index contributed by atoms with van der Waals surface area (Å²) in [5, 5.41) is 10.3. The van der Waals surface area contributed by atoms with Crippen LogP contribution in [-0.2, 0) is 21.6 Å². The quantitative estimate of drug-likeness (QED) is 0.540. The fourth-order valence-corrected chi connectivity index (χ4v) is 5.33. The molecule has 200 valence electrons. The number of amides is 3. The smallest absolute Gasteiger partial charge is 0.436 e. The lowest BCUT2D eigenvalue weighted by atomic mass is 9.54. The molecule has 1 aromatic carbocycles. The number of hydrogen-bond donors (Lipinski definition) is 2. The summed E-state index contributed by atoms with van der Waals surface area (Å²) in [6.45, 7) is 13.5. The average Bonchev–Trinajstić information content (AvgIpc) is 3.23. The molecule has 0 atom stereocenters. The van der Waals surface area contributed by atoms with Crippen LogP contribution in [-0.4, -0.2) is 39.3 Å². The molecule has 1 saturated carbocycles. The van der Waals surface area contributed by atoms with Crippen molar-refractivity contribution in [2.24, 2.45) is 10.8 Å². The van der Waals surface area contributed by atoms with Gasteiger partial charge in [0.15, 0.2) is 0 Å². The molecular weight excluding hydrogens is 477 g/mol. The van der Waals surface area contributed by atoms with Gasteiger partial charge >= 0.3 is 12.1 Å². The number of aromatic nitrogens is 2. The number of ether oxygens (including phenoxy) is 1. The zero-order valence-electron chi connectivity index (χ0n) is 22.6. The van der Waals surface area contributed by atoms with Crippen molar-refractivity contribution in [3.05, 3.63) is 40.8 Å². The van der Waals surface area contributed by atoms with E-state index in [0.29, 0.717) is 16.9 Å². The minimum absolute atomic E-state index is 0.0973. The van der Waals surface area contributed by atoms with Crippen LogP contribution in [0.25, 0.3) is 0 Å². The van der Waals surface area contributed by atoms with Crippen LogP contribution in [0.3, 0.4) is 0 Å². The molecule has 0 radical (unpaired) electrons. The Labute approximate surface area is 216 Å². The van der Waals surface area contributed by atoms with E-state index in [1.54, 1.807) is 24.8 Å². The third-order valence-corrected chi connectivity index (χ3v) is 7.99. The Bertz CT molecular complexity index is 1260. The molecule has 2 aliphatic rings. The van der Waals surface area contributed by atoms with Gasteiger partial charge < -0.3 is 20.3 Å². The van der Waals surface area contributed by atoms with Crippen LogP contribution in [0.15, 0.2) is 18.2 Å². The predicted molar refractivity (Wildman–Crippen MR) is 138 cm³/mol. The molecule has 10 heteroatoms. The maximum Gasteiger partial charge on any atom is 0.436 e. The van der Waals surface area contributed by atoms with E-state index in [2.05, 4.69) is 15.7 Å². The number of rotatable bonds is 4. The Morgan fingerprint density at radius 2 is 1.84 bits per heavy atom. The van der Waals surface area contributed by atoms with Crippen molar-refractivity contribution in [1.29, 1.82) is 0 Å². The van der Waals surface area contributed by atoms with Gasteiger partial charge in [-0.25, -0.2) is 14.0 Å². The third kappa shape index (κ3) is 4.36. The van der Waals surface area contributed by atoms with Gasteiger partial charge in [-0.2, -0.15) is 5.10 Å². The van der Waals surface area contributed by atoms with E-state index in [-0.39, 0.29) is 30.3 Å². The first-order valence-corrected chi connectivity index (χ1v) is 12.7. The SMILES string of the molecule is CCOC(=O)n1nc2c(c1NC(=O)C1(C(C)(C)C)CCC1)CN(C(=O)Nc1cc(F)ccc1C)C2(C)C. The molecular formula is C27H36FN5O4. The summed E-state index contributed by atoms with van der Waals surface area (Å²) in [5.41, 5.74) is 0.382. The normalized spacial score (nSPS) is 17.6. The Kier molecular flexibility index (Phi) is 6.58. The van der Waals surface area contributed by atoms with Crippen molar-refractivity contribution in [2.45, 2.75) is 79.8 Å². The van der Waals surface area contributed by atoms with Gasteiger partial charge in [0, 0.05) is 11.3 Å². The molecule has 2 N–H and O–H groups in total. The summed E-state index contributed by atoms with van der Waals surface area (Å²) in [6, 6.07) is 3.76. The first-order chi connectivity index (χ1) is 17.2. The number of nitrogens with one attached hydrogen (secondary N) is 2. The number of anilines is 2. The number of hydrogen-bond acceptors (Lipinski definition) is 5. The van der Waals surface area contributed by atoms with Crippen LogP contribution in [0, 0.1) is 23.6 Å². The van der Waals surface area contributed by atoms with Crippen LogP contribution >= 0.6 is 0 Å². The molecule has 0 spiro atoms. The largest absolute Gasteiger partial charge is 0.448 e. The van der Waals surface area contributed by atoms with Crippen LogP contribution < -0.4 is 10.6 Å². The van der Waals surface area contributed by atoms with Gasteiger partial charge in [-0.3, -0.25) is 4.79 Å². The molecule has 1 aliphatic carbocycles. The van der Waals surface area contributed by atoms with Crippen molar-refractivity contribution in [3.8, 4) is 0 Å². The zero-order valence-corrected chi connectivity index (χ0v) is 22.6. The van der Waals surface area contributed by atoms with Crippen molar-refractivity contribution in [1.82, 2.24) is 14.7 Å². The summed E-state index contributed by atoms with van der Waals surface area (Å²) in [4.78, 5) is 41.4. The molecule has 1 fully saturated rings.